The maximum absolute atomic E-state index is 12.4. The van der Waals surface area contributed by atoms with Crippen LogP contribution in [-0.4, -0.2) is 51.8 Å². The molecule has 0 aliphatic carbocycles. The fraction of sp³-hybridized carbons (Fsp3) is 0.500. The number of amides is 2. The summed E-state index contributed by atoms with van der Waals surface area (Å²) in [6, 6.07) is 6.36. The van der Waals surface area contributed by atoms with Crippen LogP contribution in [0.1, 0.15) is 26.7 Å². The molecule has 0 unspecified atom stereocenters. The first kappa shape index (κ1) is 19.6. The first-order valence-corrected chi connectivity index (χ1v) is 8.62. The van der Waals surface area contributed by atoms with Crippen molar-refractivity contribution in [2.45, 2.75) is 39.3 Å². The average Bonchev–Trinajstić information content (AvgIpc) is 2.59. The summed E-state index contributed by atoms with van der Waals surface area (Å²) in [5.41, 5.74) is 0.235. The van der Waals surface area contributed by atoms with Crippen LogP contribution in [0.15, 0.2) is 29.1 Å². The molecule has 1 heterocycles. The Morgan fingerprint density at radius 2 is 1.92 bits per heavy atom. The van der Waals surface area contributed by atoms with Gasteiger partial charge in [0, 0.05) is 20.5 Å². The Morgan fingerprint density at radius 3 is 2.58 bits per heavy atom. The topological polar surface area (TPSA) is 97.2 Å². The van der Waals surface area contributed by atoms with E-state index < -0.39 is 6.04 Å². The molecule has 1 aromatic heterocycles. The van der Waals surface area contributed by atoms with Gasteiger partial charge in [0.15, 0.2) is 0 Å². The van der Waals surface area contributed by atoms with Gasteiger partial charge in [0.25, 0.3) is 5.56 Å². The predicted octanol–water partition coefficient (Wildman–Crippen LogP) is 0.801. The van der Waals surface area contributed by atoms with Crippen LogP contribution in [0.3, 0.4) is 0 Å². The average molecular weight is 359 g/mol. The molecule has 0 bridgehead atoms. The van der Waals surface area contributed by atoms with Gasteiger partial charge >= 0.3 is 0 Å². The number of fused-ring (bicyclic) bond motifs is 1. The van der Waals surface area contributed by atoms with Crippen molar-refractivity contribution in [3.05, 3.63) is 34.6 Å². The van der Waals surface area contributed by atoms with Crippen molar-refractivity contribution in [3.8, 4) is 0 Å². The summed E-state index contributed by atoms with van der Waals surface area (Å²) < 4.78 is 1.17. The van der Waals surface area contributed by atoms with E-state index in [0.29, 0.717) is 17.3 Å². The smallest absolute Gasteiger partial charge is 0.277 e. The fourth-order valence-corrected chi connectivity index (χ4v) is 2.65. The van der Waals surface area contributed by atoms with Crippen molar-refractivity contribution in [1.82, 2.24) is 25.2 Å². The van der Waals surface area contributed by atoms with Gasteiger partial charge in [0.1, 0.15) is 11.6 Å². The number of carbonyl (C=O) groups is 2. The number of benzene rings is 1. The number of aryl methyl sites for hydroxylation is 1. The molecule has 26 heavy (non-hydrogen) atoms. The molecule has 0 radical (unpaired) electrons. The quantitative estimate of drug-likeness (QED) is 0.789. The van der Waals surface area contributed by atoms with Gasteiger partial charge in [-0.15, -0.1) is 5.10 Å². The van der Waals surface area contributed by atoms with Crippen molar-refractivity contribution < 1.29 is 9.59 Å². The van der Waals surface area contributed by atoms with Crippen LogP contribution in [0.5, 0.6) is 0 Å². The number of hydrogen-bond acceptors (Lipinski definition) is 5. The third kappa shape index (κ3) is 4.87. The molecule has 1 aromatic carbocycles. The minimum Gasteiger partial charge on any atom is -0.347 e. The minimum atomic E-state index is -0.572. The van der Waals surface area contributed by atoms with Gasteiger partial charge in [-0.1, -0.05) is 31.2 Å². The first-order valence-electron chi connectivity index (χ1n) is 8.62. The highest BCUT2D eigenvalue weighted by atomic mass is 16.2. The summed E-state index contributed by atoms with van der Waals surface area (Å²) in [7, 11) is 3.32. The van der Waals surface area contributed by atoms with Crippen LogP contribution in [0.25, 0.3) is 10.9 Å². The molecule has 0 aliphatic rings. The second kappa shape index (κ2) is 8.55. The van der Waals surface area contributed by atoms with E-state index >= 15 is 0 Å². The Morgan fingerprint density at radius 1 is 1.23 bits per heavy atom. The zero-order valence-corrected chi connectivity index (χ0v) is 15.6. The molecule has 2 aromatic rings. The highest BCUT2D eigenvalue weighted by Crippen LogP contribution is 2.07. The number of carbonyl (C=O) groups excluding carboxylic acids is 2. The molecule has 140 valence electrons. The summed E-state index contributed by atoms with van der Waals surface area (Å²) in [6.45, 7) is 4.09. The molecule has 0 spiro atoms. The Hall–Kier alpha value is -2.77. The monoisotopic (exact) mass is 359 g/mol. The van der Waals surface area contributed by atoms with Crippen molar-refractivity contribution in [2.24, 2.45) is 5.92 Å². The summed E-state index contributed by atoms with van der Waals surface area (Å²) in [5.74, 6) is -0.180. The lowest BCUT2D eigenvalue weighted by Crippen LogP contribution is -2.47. The van der Waals surface area contributed by atoms with E-state index in [2.05, 4.69) is 15.6 Å². The maximum Gasteiger partial charge on any atom is 0.277 e. The highest BCUT2D eigenvalue weighted by molar-refractivity contribution is 5.87. The molecule has 1 atom stereocenters. The Balaban J connectivity index is 2.04. The summed E-state index contributed by atoms with van der Waals surface area (Å²) in [4.78, 5) is 38.3. The largest absolute Gasteiger partial charge is 0.347 e. The van der Waals surface area contributed by atoms with Crippen LogP contribution in [-0.2, 0) is 16.1 Å². The molecule has 8 heteroatoms. The van der Waals surface area contributed by atoms with Gasteiger partial charge in [-0.2, -0.15) is 0 Å². The number of nitrogens with one attached hydrogen (secondary N) is 1. The summed E-state index contributed by atoms with van der Waals surface area (Å²) in [6.07, 6.45) is 0.598. The Bertz CT molecular complexity index is 844. The molecule has 0 fully saturated rings. The zero-order valence-electron chi connectivity index (χ0n) is 15.6. The number of rotatable bonds is 7. The number of nitrogens with zero attached hydrogens (tertiary/aromatic N) is 4. The van der Waals surface area contributed by atoms with E-state index in [-0.39, 0.29) is 36.3 Å². The van der Waals surface area contributed by atoms with Gasteiger partial charge in [-0.3, -0.25) is 14.4 Å². The molecule has 0 saturated heterocycles. The van der Waals surface area contributed by atoms with Crippen LogP contribution < -0.4 is 10.9 Å². The van der Waals surface area contributed by atoms with Gasteiger partial charge in [-0.05, 0) is 24.5 Å². The number of aromatic nitrogens is 3. The minimum absolute atomic E-state index is 0.0439. The van der Waals surface area contributed by atoms with Crippen LogP contribution >= 0.6 is 0 Å². The lowest BCUT2D eigenvalue weighted by molar-refractivity contribution is -0.134. The number of hydrogen-bond donors (Lipinski definition) is 1. The van der Waals surface area contributed by atoms with Gasteiger partial charge < -0.3 is 10.2 Å². The molecule has 0 saturated carbocycles. The van der Waals surface area contributed by atoms with Gasteiger partial charge in [0.05, 0.1) is 11.9 Å². The van der Waals surface area contributed by atoms with E-state index in [4.69, 9.17) is 0 Å². The van der Waals surface area contributed by atoms with Crippen molar-refractivity contribution in [3.63, 3.8) is 0 Å². The molecule has 1 N–H and O–H groups in total. The molecule has 0 aliphatic heterocycles. The standard InChI is InChI=1S/C18H25N5O3/c1-12(2)11-15(18(26)22(3)4)19-16(24)9-10-23-17(25)13-7-5-6-8-14(13)20-21-23/h5-8,12,15H,9-11H2,1-4H3,(H,19,24)/t15-/m1/s1. The molecular weight excluding hydrogens is 334 g/mol. The Kier molecular flexibility index (Phi) is 6.43. The summed E-state index contributed by atoms with van der Waals surface area (Å²) in [5, 5.41) is 11.1. The maximum atomic E-state index is 12.4. The highest BCUT2D eigenvalue weighted by Gasteiger charge is 2.23. The second-order valence-electron chi connectivity index (χ2n) is 6.87. The third-order valence-electron chi connectivity index (χ3n) is 3.96. The SMILES string of the molecule is CC(C)C[C@@H](NC(=O)CCn1nnc2ccccc2c1=O)C(=O)N(C)C. The first-order chi connectivity index (χ1) is 12.3. The molecule has 8 nitrogen and oxygen atoms in total. The van der Waals surface area contributed by atoms with E-state index in [0.717, 1.165) is 0 Å². The lowest BCUT2D eigenvalue weighted by Gasteiger charge is -2.23. The van der Waals surface area contributed by atoms with Crippen LogP contribution in [0.2, 0.25) is 0 Å². The zero-order chi connectivity index (χ0) is 19.3. The lowest BCUT2D eigenvalue weighted by atomic mass is 10.0. The van der Waals surface area contributed by atoms with Crippen molar-refractivity contribution in [1.29, 1.82) is 0 Å². The molecular formula is C18H25N5O3. The van der Waals surface area contributed by atoms with Gasteiger partial charge in [0.2, 0.25) is 11.8 Å². The normalized spacial score (nSPS) is 12.2. The van der Waals surface area contributed by atoms with Crippen LogP contribution in [0, 0.1) is 5.92 Å². The van der Waals surface area contributed by atoms with Crippen molar-refractivity contribution >= 4 is 22.7 Å². The van der Waals surface area contributed by atoms with E-state index in [1.165, 1.54) is 9.58 Å². The Labute approximate surface area is 152 Å². The van der Waals surface area contributed by atoms with E-state index in [1.54, 1.807) is 38.4 Å². The van der Waals surface area contributed by atoms with Crippen LogP contribution in [0.4, 0.5) is 0 Å². The summed E-state index contributed by atoms with van der Waals surface area (Å²) >= 11 is 0. The van der Waals surface area contributed by atoms with E-state index in [9.17, 15) is 14.4 Å². The molecule has 2 amide bonds. The molecule has 2 rings (SSSR count). The van der Waals surface area contributed by atoms with E-state index in [1.807, 2.05) is 13.8 Å². The predicted molar refractivity (Wildman–Crippen MR) is 98.5 cm³/mol. The number of likely N-dealkylation sites (N-methyl/N-ethyl adjacent to an activating group) is 1. The van der Waals surface area contributed by atoms with Gasteiger partial charge in [-0.25, -0.2) is 4.68 Å². The third-order valence-corrected chi connectivity index (χ3v) is 3.96. The second-order valence-corrected chi connectivity index (χ2v) is 6.87. The fourth-order valence-electron chi connectivity index (χ4n) is 2.65. The van der Waals surface area contributed by atoms with Crippen molar-refractivity contribution in [2.75, 3.05) is 14.1 Å².